The predicted octanol–water partition coefficient (Wildman–Crippen LogP) is 5.37. The predicted molar refractivity (Wildman–Crippen MR) is 147 cm³/mol. The third-order valence-electron chi connectivity index (χ3n) is 4.93. The Bertz CT molecular complexity index is 1300. The van der Waals surface area contributed by atoms with Crippen molar-refractivity contribution in [3.63, 3.8) is 0 Å². The fourth-order valence-electron chi connectivity index (χ4n) is 3.19. The number of carbonyl (C=O) groups is 2. The number of hydrogen-bond donors (Lipinski definition) is 1. The van der Waals surface area contributed by atoms with Gasteiger partial charge < -0.3 is 24.3 Å². The first-order valence-electron chi connectivity index (χ1n) is 11.3. The zero-order chi connectivity index (χ0) is 26.6. The van der Waals surface area contributed by atoms with Crippen LogP contribution in [0.1, 0.15) is 18.1 Å². The summed E-state index contributed by atoms with van der Waals surface area (Å²) in [5.74, 6) is 0.322. The molecule has 0 heterocycles. The number of hydrogen-bond acceptors (Lipinski definition) is 7. The van der Waals surface area contributed by atoms with Crippen LogP contribution in [0.2, 0.25) is 0 Å². The number of esters is 1. The normalized spacial score (nSPS) is 10.7. The Morgan fingerprint density at radius 3 is 2.43 bits per heavy atom. The van der Waals surface area contributed by atoms with Gasteiger partial charge in [0.2, 0.25) is 0 Å². The van der Waals surface area contributed by atoms with E-state index in [1.54, 1.807) is 43.3 Å². The first-order chi connectivity index (χ1) is 17.9. The lowest BCUT2D eigenvalue weighted by Gasteiger charge is -2.13. The van der Waals surface area contributed by atoms with Gasteiger partial charge in [-0.3, -0.25) is 4.79 Å². The molecule has 0 aliphatic heterocycles. The van der Waals surface area contributed by atoms with E-state index in [1.165, 1.54) is 13.2 Å². The second-order valence-electron chi connectivity index (χ2n) is 7.55. The molecule has 1 N–H and O–H groups in total. The highest BCUT2D eigenvalue weighted by molar-refractivity contribution is 14.1. The van der Waals surface area contributed by atoms with E-state index in [0.717, 1.165) is 5.56 Å². The van der Waals surface area contributed by atoms with Crippen LogP contribution in [0.4, 0.5) is 5.69 Å². The molecular formula is C28H25IN2O6. The van der Waals surface area contributed by atoms with E-state index in [0.29, 0.717) is 38.7 Å². The van der Waals surface area contributed by atoms with E-state index in [1.807, 2.05) is 59.0 Å². The van der Waals surface area contributed by atoms with Crippen LogP contribution in [0.5, 0.6) is 17.2 Å². The Hall–Kier alpha value is -4.04. The van der Waals surface area contributed by atoms with E-state index in [-0.39, 0.29) is 18.8 Å². The lowest BCUT2D eigenvalue weighted by atomic mass is 10.1. The highest BCUT2D eigenvalue weighted by Crippen LogP contribution is 2.34. The molecule has 0 bridgehead atoms. The number of benzene rings is 3. The number of nitrogens with zero attached hydrogens (tertiary/aromatic N) is 1. The summed E-state index contributed by atoms with van der Waals surface area (Å²) in [7, 11) is 1.46. The number of nitriles is 1. The molecule has 0 atom stereocenters. The largest absolute Gasteiger partial charge is 0.493 e. The second kappa shape index (κ2) is 13.9. The van der Waals surface area contributed by atoms with Crippen LogP contribution in [0.25, 0.3) is 6.08 Å². The SMILES string of the molecule is CCOC(=O)COc1c(I)cc(/C=C(\C#N)C(=O)Nc2ccc(OCc3ccccc3)cc2)cc1OC. The number of methoxy groups -OCH3 is 1. The van der Waals surface area contributed by atoms with E-state index in [2.05, 4.69) is 5.32 Å². The topological polar surface area (TPSA) is 107 Å². The molecule has 0 aliphatic rings. The third kappa shape index (κ3) is 8.25. The summed E-state index contributed by atoms with van der Waals surface area (Å²) in [6, 6.07) is 22.0. The lowest BCUT2D eigenvalue weighted by Crippen LogP contribution is -2.15. The summed E-state index contributed by atoms with van der Waals surface area (Å²) in [6.45, 7) is 2.13. The van der Waals surface area contributed by atoms with Gasteiger partial charge in [0.1, 0.15) is 24.0 Å². The summed E-state index contributed by atoms with van der Waals surface area (Å²) < 4.78 is 22.2. The van der Waals surface area contributed by atoms with Gasteiger partial charge in [-0.2, -0.15) is 5.26 Å². The van der Waals surface area contributed by atoms with Crippen molar-refractivity contribution in [1.82, 2.24) is 0 Å². The zero-order valence-electron chi connectivity index (χ0n) is 20.3. The van der Waals surface area contributed by atoms with Gasteiger partial charge in [-0.1, -0.05) is 30.3 Å². The maximum absolute atomic E-state index is 12.7. The molecule has 0 radical (unpaired) electrons. The fraction of sp³-hybridized carbons (Fsp3) is 0.179. The molecule has 3 aromatic carbocycles. The average Bonchev–Trinajstić information content (AvgIpc) is 2.91. The minimum absolute atomic E-state index is 0.0950. The Balaban J connectivity index is 1.67. The number of carbonyl (C=O) groups excluding carboxylic acids is 2. The Kier molecular flexibility index (Phi) is 10.3. The monoisotopic (exact) mass is 612 g/mol. The number of ether oxygens (including phenoxy) is 4. The van der Waals surface area contributed by atoms with E-state index < -0.39 is 11.9 Å². The highest BCUT2D eigenvalue weighted by atomic mass is 127. The number of nitrogens with one attached hydrogen (secondary N) is 1. The summed E-state index contributed by atoms with van der Waals surface area (Å²) in [5.41, 5.74) is 2.03. The molecule has 37 heavy (non-hydrogen) atoms. The number of amides is 1. The van der Waals surface area contributed by atoms with Crippen molar-refractivity contribution in [3.05, 3.63) is 87.0 Å². The van der Waals surface area contributed by atoms with Crippen molar-refractivity contribution in [2.24, 2.45) is 0 Å². The summed E-state index contributed by atoms with van der Waals surface area (Å²) in [4.78, 5) is 24.4. The number of halogens is 1. The van der Waals surface area contributed by atoms with Crippen molar-refractivity contribution in [1.29, 1.82) is 5.26 Å². The molecule has 0 saturated carbocycles. The molecule has 0 aliphatic carbocycles. The maximum atomic E-state index is 12.7. The minimum atomic E-state index is -0.558. The Morgan fingerprint density at radius 1 is 1.05 bits per heavy atom. The van der Waals surface area contributed by atoms with Gasteiger partial charge in [0.15, 0.2) is 18.1 Å². The fourth-order valence-corrected chi connectivity index (χ4v) is 3.97. The van der Waals surface area contributed by atoms with Gasteiger partial charge in [0.25, 0.3) is 5.91 Å². The van der Waals surface area contributed by atoms with Crippen molar-refractivity contribution in [2.75, 3.05) is 25.6 Å². The van der Waals surface area contributed by atoms with E-state index in [9.17, 15) is 14.9 Å². The molecular weight excluding hydrogens is 587 g/mol. The quantitative estimate of drug-likeness (QED) is 0.134. The van der Waals surface area contributed by atoms with Gasteiger partial charge in [-0.15, -0.1) is 0 Å². The standard InChI is InChI=1S/C28H25IN2O6/c1-3-35-26(32)18-37-27-24(29)14-20(15-25(27)34-2)13-21(16-30)28(33)31-22-9-11-23(12-10-22)36-17-19-7-5-4-6-8-19/h4-15H,3,17-18H2,1-2H3,(H,31,33)/b21-13+. The van der Waals surface area contributed by atoms with Crippen LogP contribution in [-0.4, -0.2) is 32.2 Å². The molecule has 0 unspecified atom stereocenters. The lowest BCUT2D eigenvalue weighted by molar-refractivity contribution is -0.145. The summed E-state index contributed by atoms with van der Waals surface area (Å²) >= 11 is 2.03. The van der Waals surface area contributed by atoms with Crippen molar-refractivity contribution in [2.45, 2.75) is 13.5 Å². The Labute approximate surface area is 228 Å². The van der Waals surface area contributed by atoms with Crippen molar-refractivity contribution >= 4 is 46.2 Å². The molecule has 1 amide bonds. The van der Waals surface area contributed by atoms with Gasteiger partial charge in [-0.25, -0.2) is 4.79 Å². The first-order valence-corrected chi connectivity index (χ1v) is 12.4. The zero-order valence-corrected chi connectivity index (χ0v) is 22.5. The molecule has 8 nitrogen and oxygen atoms in total. The van der Waals surface area contributed by atoms with Crippen LogP contribution in [0.3, 0.4) is 0 Å². The average molecular weight is 612 g/mol. The van der Waals surface area contributed by atoms with Crippen LogP contribution >= 0.6 is 22.6 Å². The van der Waals surface area contributed by atoms with Gasteiger partial charge >= 0.3 is 5.97 Å². The summed E-state index contributed by atoms with van der Waals surface area (Å²) in [6.07, 6.45) is 1.45. The molecule has 190 valence electrons. The second-order valence-corrected chi connectivity index (χ2v) is 8.71. The van der Waals surface area contributed by atoms with Gasteiger partial charge in [0.05, 0.1) is 17.3 Å². The first kappa shape index (κ1) is 27.5. The summed E-state index contributed by atoms with van der Waals surface area (Å²) in [5, 5.41) is 12.3. The van der Waals surface area contributed by atoms with Crippen LogP contribution in [0.15, 0.2) is 72.3 Å². The van der Waals surface area contributed by atoms with E-state index >= 15 is 0 Å². The van der Waals surface area contributed by atoms with Crippen molar-refractivity contribution < 1.29 is 28.5 Å². The molecule has 3 rings (SSSR count). The van der Waals surface area contributed by atoms with Crippen LogP contribution in [-0.2, 0) is 20.9 Å². The van der Waals surface area contributed by atoms with Gasteiger partial charge in [0, 0.05) is 5.69 Å². The molecule has 0 fully saturated rings. The highest BCUT2D eigenvalue weighted by Gasteiger charge is 2.15. The Morgan fingerprint density at radius 2 is 1.78 bits per heavy atom. The molecule has 0 aromatic heterocycles. The molecule has 9 heteroatoms. The van der Waals surface area contributed by atoms with E-state index in [4.69, 9.17) is 18.9 Å². The van der Waals surface area contributed by atoms with Crippen molar-refractivity contribution in [3.8, 4) is 23.3 Å². The molecule has 3 aromatic rings. The molecule has 0 saturated heterocycles. The minimum Gasteiger partial charge on any atom is -0.493 e. The molecule has 0 spiro atoms. The smallest absolute Gasteiger partial charge is 0.344 e. The number of rotatable bonds is 11. The van der Waals surface area contributed by atoms with Gasteiger partial charge in [-0.05, 0) is 83.1 Å². The maximum Gasteiger partial charge on any atom is 0.344 e. The van der Waals surface area contributed by atoms with Crippen LogP contribution < -0.4 is 19.5 Å². The third-order valence-corrected chi connectivity index (χ3v) is 5.73. The van der Waals surface area contributed by atoms with Crippen LogP contribution in [0, 0.1) is 14.9 Å². The number of anilines is 1.